The molecule has 2 fully saturated rings. The van der Waals surface area contributed by atoms with Crippen molar-refractivity contribution >= 4 is 36.4 Å². The van der Waals surface area contributed by atoms with Crippen molar-refractivity contribution in [2.75, 3.05) is 37.6 Å². The van der Waals surface area contributed by atoms with Gasteiger partial charge in [-0.05, 0) is 43.5 Å². The minimum Gasteiger partial charge on any atom is -0.372 e. The van der Waals surface area contributed by atoms with Crippen LogP contribution in [-0.2, 0) is 0 Å². The molecule has 4 nitrogen and oxygen atoms in total. The van der Waals surface area contributed by atoms with E-state index in [0.29, 0.717) is 5.92 Å². The van der Waals surface area contributed by atoms with Crippen molar-refractivity contribution in [3.63, 3.8) is 0 Å². The van der Waals surface area contributed by atoms with Crippen LogP contribution in [0.15, 0.2) is 24.3 Å². The second-order valence-electron chi connectivity index (χ2n) is 5.83. The Hall–Kier alpha value is -0.970. The van der Waals surface area contributed by atoms with Gasteiger partial charge in [0.05, 0.1) is 0 Å². The third-order valence-corrected chi connectivity index (χ3v) is 4.27. The van der Waals surface area contributed by atoms with Crippen molar-refractivity contribution in [1.82, 2.24) is 10.6 Å². The third kappa shape index (κ3) is 4.77. The van der Waals surface area contributed by atoms with E-state index in [4.69, 9.17) is 0 Å². The number of amides is 1. The molecule has 22 heavy (non-hydrogen) atoms. The Morgan fingerprint density at radius 3 is 2.27 bits per heavy atom. The summed E-state index contributed by atoms with van der Waals surface area (Å²) in [6, 6.07) is 8.03. The number of halogens is 2. The summed E-state index contributed by atoms with van der Waals surface area (Å²) in [4.78, 5) is 14.4. The van der Waals surface area contributed by atoms with Crippen LogP contribution in [-0.4, -0.2) is 38.6 Å². The average Bonchev–Trinajstić information content (AvgIpc) is 2.46. The van der Waals surface area contributed by atoms with E-state index in [-0.39, 0.29) is 30.7 Å². The number of rotatable bonds is 4. The van der Waals surface area contributed by atoms with Crippen molar-refractivity contribution < 1.29 is 4.79 Å². The summed E-state index contributed by atoms with van der Waals surface area (Å²) in [5.41, 5.74) is 2.00. The Labute approximate surface area is 144 Å². The molecule has 0 atom stereocenters. The van der Waals surface area contributed by atoms with Gasteiger partial charge in [0.25, 0.3) is 5.91 Å². The zero-order valence-electron chi connectivity index (χ0n) is 12.7. The molecule has 0 aromatic heterocycles. The number of hydrogen-bond acceptors (Lipinski definition) is 3. The topological polar surface area (TPSA) is 44.4 Å². The summed E-state index contributed by atoms with van der Waals surface area (Å²) in [6.45, 7) is 5.10. The van der Waals surface area contributed by atoms with Gasteiger partial charge in [0.15, 0.2) is 0 Å². The number of benzene rings is 1. The molecule has 2 aliphatic heterocycles. The van der Waals surface area contributed by atoms with Gasteiger partial charge < -0.3 is 15.5 Å². The molecule has 1 amide bonds. The minimum absolute atomic E-state index is 0. The van der Waals surface area contributed by atoms with Gasteiger partial charge in [-0.2, -0.15) is 0 Å². The van der Waals surface area contributed by atoms with Gasteiger partial charge in [-0.1, -0.05) is 0 Å². The highest BCUT2D eigenvalue weighted by molar-refractivity contribution is 5.94. The number of carbonyl (C=O) groups is 1. The van der Waals surface area contributed by atoms with E-state index in [9.17, 15) is 4.79 Å². The Kier molecular flexibility index (Phi) is 8.01. The molecule has 2 heterocycles. The van der Waals surface area contributed by atoms with Gasteiger partial charge in [-0.3, -0.25) is 4.79 Å². The molecule has 2 N–H and O–H groups in total. The van der Waals surface area contributed by atoms with Crippen molar-refractivity contribution in [3.8, 4) is 0 Å². The van der Waals surface area contributed by atoms with E-state index >= 15 is 0 Å². The molecule has 124 valence electrons. The quantitative estimate of drug-likeness (QED) is 0.880. The number of piperidine rings is 1. The van der Waals surface area contributed by atoms with E-state index in [1.54, 1.807) is 0 Å². The summed E-state index contributed by atoms with van der Waals surface area (Å²) < 4.78 is 0. The molecule has 1 aromatic carbocycles. The fourth-order valence-electron chi connectivity index (χ4n) is 2.81. The fourth-order valence-corrected chi connectivity index (χ4v) is 2.81. The minimum atomic E-state index is 0. The maximum absolute atomic E-state index is 12.0. The SMILES string of the molecule is Cl.Cl.O=C(NCC1CNC1)c1ccc(N2CCCCC2)cc1. The Morgan fingerprint density at radius 2 is 1.73 bits per heavy atom. The van der Waals surface area contributed by atoms with Gasteiger partial charge in [0, 0.05) is 49.9 Å². The molecular formula is C16H25Cl2N3O. The van der Waals surface area contributed by atoms with E-state index in [0.717, 1.165) is 38.3 Å². The van der Waals surface area contributed by atoms with Crippen molar-refractivity contribution in [3.05, 3.63) is 29.8 Å². The summed E-state index contributed by atoms with van der Waals surface area (Å²) >= 11 is 0. The van der Waals surface area contributed by atoms with Crippen LogP contribution in [0.25, 0.3) is 0 Å². The first-order valence-corrected chi connectivity index (χ1v) is 7.67. The van der Waals surface area contributed by atoms with E-state index in [1.165, 1.54) is 24.9 Å². The highest BCUT2D eigenvalue weighted by Gasteiger charge is 2.17. The summed E-state index contributed by atoms with van der Waals surface area (Å²) in [5, 5.41) is 6.22. The highest BCUT2D eigenvalue weighted by atomic mass is 35.5. The standard InChI is InChI=1S/C16H23N3O.2ClH/c20-16(18-12-13-10-17-11-13)14-4-6-15(7-5-14)19-8-2-1-3-9-19;;/h4-7,13,17H,1-3,8-12H2,(H,18,20);2*1H. The summed E-state index contributed by atoms with van der Waals surface area (Å²) in [7, 11) is 0. The molecule has 2 saturated heterocycles. The smallest absolute Gasteiger partial charge is 0.251 e. The van der Waals surface area contributed by atoms with Crippen molar-refractivity contribution in [2.45, 2.75) is 19.3 Å². The molecule has 0 unspecified atom stereocenters. The molecule has 0 radical (unpaired) electrons. The van der Waals surface area contributed by atoms with Crippen molar-refractivity contribution in [1.29, 1.82) is 0 Å². The molecule has 0 aliphatic carbocycles. The predicted molar refractivity (Wildman–Crippen MR) is 95.7 cm³/mol. The lowest BCUT2D eigenvalue weighted by Gasteiger charge is -2.29. The number of carbonyl (C=O) groups excluding carboxylic acids is 1. The van der Waals surface area contributed by atoms with Gasteiger partial charge in [0.2, 0.25) is 0 Å². The van der Waals surface area contributed by atoms with Crippen LogP contribution in [0.4, 0.5) is 5.69 Å². The van der Waals surface area contributed by atoms with Crippen LogP contribution in [0.5, 0.6) is 0 Å². The first-order chi connectivity index (χ1) is 9.83. The monoisotopic (exact) mass is 345 g/mol. The number of nitrogens with zero attached hydrogens (tertiary/aromatic N) is 1. The fraction of sp³-hybridized carbons (Fsp3) is 0.562. The van der Waals surface area contributed by atoms with Crippen LogP contribution < -0.4 is 15.5 Å². The molecule has 6 heteroatoms. The van der Waals surface area contributed by atoms with Crippen LogP contribution in [0.1, 0.15) is 29.6 Å². The molecule has 0 spiro atoms. The molecule has 0 bridgehead atoms. The molecule has 1 aromatic rings. The second-order valence-corrected chi connectivity index (χ2v) is 5.83. The summed E-state index contributed by atoms with van der Waals surface area (Å²) in [6.07, 6.45) is 3.89. The molecule has 0 saturated carbocycles. The normalized spacial score (nSPS) is 17.7. The third-order valence-electron chi connectivity index (χ3n) is 4.27. The van der Waals surface area contributed by atoms with Gasteiger partial charge >= 0.3 is 0 Å². The molecule has 2 aliphatic rings. The van der Waals surface area contributed by atoms with Gasteiger partial charge in [-0.25, -0.2) is 0 Å². The zero-order valence-corrected chi connectivity index (χ0v) is 14.3. The first-order valence-electron chi connectivity index (χ1n) is 7.67. The second kappa shape index (κ2) is 9.23. The van der Waals surface area contributed by atoms with Gasteiger partial charge in [0.1, 0.15) is 0 Å². The Bertz CT molecular complexity index is 457. The first kappa shape index (κ1) is 19.1. The van der Waals surface area contributed by atoms with E-state index in [2.05, 4.69) is 27.7 Å². The lowest BCUT2D eigenvalue weighted by molar-refractivity contribution is 0.0942. The lowest BCUT2D eigenvalue weighted by Crippen LogP contribution is -2.48. The number of hydrogen-bond donors (Lipinski definition) is 2. The van der Waals surface area contributed by atoms with Crippen LogP contribution in [0.2, 0.25) is 0 Å². The molecular weight excluding hydrogens is 321 g/mol. The highest BCUT2D eigenvalue weighted by Crippen LogP contribution is 2.20. The largest absolute Gasteiger partial charge is 0.372 e. The predicted octanol–water partition coefficient (Wildman–Crippen LogP) is 2.47. The maximum Gasteiger partial charge on any atom is 0.251 e. The maximum atomic E-state index is 12.0. The van der Waals surface area contributed by atoms with Crippen molar-refractivity contribution in [2.24, 2.45) is 5.92 Å². The molecule has 3 rings (SSSR count). The number of anilines is 1. The zero-order chi connectivity index (χ0) is 13.8. The lowest BCUT2D eigenvalue weighted by atomic mass is 10.0. The van der Waals surface area contributed by atoms with E-state index in [1.807, 2.05) is 12.1 Å². The summed E-state index contributed by atoms with van der Waals surface area (Å²) in [5.74, 6) is 0.647. The van der Waals surface area contributed by atoms with Crippen LogP contribution >= 0.6 is 24.8 Å². The Balaban J connectivity index is 0.00000121. The van der Waals surface area contributed by atoms with Gasteiger partial charge in [-0.15, -0.1) is 24.8 Å². The average molecular weight is 346 g/mol. The number of nitrogens with one attached hydrogen (secondary N) is 2. The Morgan fingerprint density at radius 1 is 1.09 bits per heavy atom. The van der Waals surface area contributed by atoms with Crippen LogP contribution in [0.3, 0.4) is 0 Å². The van der Waals surface area contributed by atoms with E-state index < -0.39 is 0 Å². The van der Waals surface area contributed by atoms with Crippen LogP contribution in [0, 0.1) is 5.92 Å².